The molecule has 0 saturated carbocycles. The second-order valence-corrected chi connectivity index (χ2v) is 7.04. The fourth-order valence-corrected chi connectivity index (χ4v) is 3.73. The molecule has 0 aromatic carbocycles. The lowest BCUT2D eigenvalue weighted by Gasteiger charge is -2.33. The number of hydrogen-bond donors (Lipinski definition) is 1. The van der Waals surface area contributed by atoms with Crippen molar-refractivity contribution < 1.29 is 9.59 Å². The average molecular weight is 345 g/mol. The fraction of sp³-hybridized carbons (Fsp3) is 0.667. The number of piperidine rings is 1. The van der Waals surface area contributed by atoms with Crippen LogP contribution in [0.5, 0.6) is 0 Å². The summed E-state index contributed by atoms with van der Waals surface area (Å²) in [6.45, 7) is 5.45. The topological polar surface area (TPSA) is 92.4 Å². The SMILES string of the molecule is Cc1nc([C@@H]2CCCN(C(=O)CCC(N)=O)C2)cc(N2CCCC2)n1. The van der Waals surface area contributed by atoms with Crippen molar-refractivity contribution in [2.45, 2.75) is 51.4 Å². The molecule has 2 saturated heterocycles. The van der Waals surface area contributed by atoms with Gasteiger partial charge >= 0.3 is 0 Å². The maximum atomic E-state index is 12.3. The highest BCUT2D eigenvalue weighted by molar-refractivity contribution is 5.83. The summed E-state index contributed by atoms with van der Waals surface area (Å²) in [5.74, 6) is 1.61. The van der Waals surface area contributed by atoms with Crippen LogP contribution in [0.3, 0.4) is 0 Å². The smallest absolute Gasteiger partial charge is 0.223 e. The van der Waals surface area contributed by atoms with Gasteiger partial charge in [0.05, 0.1) is 5.69 Å². The Morgan fingerprint density at radius 2 is 1.92 bits per heavy atom. The van der Waals surface area contributed by atoms with Crippen molar-refractivity contribution in [1.29, 1.82) is 0 Å². The van der Waals surface area contributed by atoms with Gasteiger partial charge in [-0.25, -0.2) is 9.97 Å². The van der Waals surface area contributed by atoms with Crippen molar-refractivity contribution in [3.05, 3.63) is 17.6 Å². The predicted molar refractivity (Wildman–Crippen MR) is 95.2 cm³/mol. The maximum Gasteiger partial charge on any atom is 0.223 e. The van der Waals surface area contributed by atoms with E-state index in [1.165, 1.54) is 12.8 Å². The first kappa shape index (κ1) is 17.6. The Morgan fingerprint density at radius 3 is 2.64 bits per heavy atom. The molecule has 1 aromatic rings. The van der Waals surface area contributed by atoms with Gasteiger partial charge in [-0.1, -0.05) is 0 Å². The van der Waals surface area contributed by atoms with Crippen LogP contribution in [0, 0.1) is 6.92 Å². The van der Waals surface area contributed by atoms with Crippen LogP contribution in [0.25, 0.3) is 0 Å². The van der Waals surface area contributed by atoms with E-state index in [0.29, 0.717) is 6.54 Å². The van der Waals surface area contributed by atoms with Crippen LogP contribution < -0.4 is 10.6 Å². The molecule has 25 heavy (non-hydrogen) atoms. The first-order chi connectivity index (χ1) is 12.0. The molecule has 3 heterocycles. The van der Waals surface area contributed by atoms with Gasteiger partial charge in [0.15, 0.2) is 0 Å². The molecule has 0 radical (unpaired) electrons. The van der Waals surface area contributed by atoms with Gasteiger partial charge in [0.1, 0.15) is 11.6 Å². The van der Waals surface area contributed by atoms with Crippen LogP contribution in [0.15, 0.2) is 6.07 Å². The lowest BCUT2D eigenvalue weighted by atomic mass is 9.94. The van der Waals surface area contributed by atoms with Gasteiger partial charge in [0, 0.05) is 51.0 Å². The molecular weight excluding hydrogens is 318 g/mol. The second-order valence-electron chi connectivity index (χ2n) is 7.04. The van der Waals surface area contributed by atoms with Crippen molar-refractivity contribution >= 4 is 17.6 Å². The number of amides is 2. The van der Waals surface area contributed by atoms with E-state index in [9.17, 15) is 9.59 Å². The number of nitrogens with zero attached hydrogens (tertiary/aromatic N) is 4. The molecule has 2 aliphatic rings. The highest BCUT2D eigenvalue weighted by atomic mass is 16.2. The Labute approximate surface area is 148 Å². The summed E-state index contributed by atoms with van der Waals surface area (Å²) < 4.78 is 0. The van der Waals surface area contributed by atoms with Gasteiger partial charge in [-0.05, 0) is 32.6 Å². The van der Waals surface area contributed by atoms with Crippen LogP contribution >= 0.6 is 0 Å². The second kappa shape index (κ2) is 7.80. The van der Waals surface area contributed by atoms with E-state index >= 15 is 0 Å². The Hall–Kier alpha value is -2.18. The number of aryl methyl sites for hydroxylation is 1. The monoisotopic (exact) mass is 345 g/mol. The first-order valence-electron chi connectivity index (χ1n) is 9.19. The van der Waals surface area contributed by atoms with E-state index in [1.807, 2.05) is 11.8 Å². The number of rotatable bonds is 5. The number of carbonyl (C=O) groups excluding carboxylic acids is 2. The van der Waals surface area contributed by atoms with E-state index in [2.05, 4.69) is 20.9 Å². The van der Waals surface area contributed by atoms with E-state index in [-0.39, 0.29) is 24.7 Å². The summed E-state index contributed by atoms with van der Waals surface area (Å²) in [5, 5.41) is 0. The zero-order valence-corrected chi connectivity index (χ0v) is 14.9. The molecular formula is C18H27N5O2. The van der Waals surface area contributed by atoms with Crippen molar-refractivity contribution in [2.75, 3.05) is 31.1 Å². The number of carbonyl (C=O) groups is 2. The average Bonchev–Trinajstić information content (AvgIpc) is 3.14. The van der Waals surface area contributed by atoms with Crippen LogP contribution in [-0.4, -0.2) is 52.9 Å². The molecule has 0 unspecified atom stereocenters. The molecule has 0 bridgehead atoms. The van der Waals surface area contributed by atoms with Gasteiger partial charge in [0.2, 0.25) is 11.8 Å². The molecule has 7 nitrogen and oxygen atoms in total. The van der Waals surface area contributed by atoms with Crippen LogP contribution in [0.1, 0.15) is 56.0 Å². The molecule has 7 heteroatoms. The Kier molecular flexibility index (Phi) is 5.50. The summed E-state index contributed by atoms with van der Waals surface area (Å²) in [5.41, 5.74) is 6.18. The molecule has 2 fully saturated rings. The standard InChI is InChI=1S/C18H27N5O2/c1-13-20-15(11-17(21-13)22-8-2-3-9-22)14-5-4-10-23(12-14)18(25)7-6-16(19)24/h11,14H,2-10,12H2,1H3,(H2,19,24)/t14-/m1/s1. The Balaban J connectivity index is 1.70. The number of aromatic nitrogens is 2. The molecule has 2 amide bonds. The molecule has 2 N–H and O–H groups in total. The summed E-state index contributed by atoms with van der Waals surface area (Å²) in [6.07, 6.45) is 4.72. The minimum absolute atomic E-state index is 0.00837. The van der Waals surface area contributed by atoms with E-state index < -0.39 is 5.91 Å². The third-order valence-corrected chi connectivity index (χ3v) is 5.05. The van der Waals surface area contributed by atoms with Gasteiger partial charge in [0.25, 0.3) is 0 Å². The van der Waals surface area contributed by atoms with E-state index in [1.54, 1.807) is 0 Å². The number of anilines is 1. The zero-order chi connectivity index (χ0) is 17.8. The molecule has 0 aliphatic carbocycles. The van der Waals surface area contributed by atoms with Crippen molar-refractivity contribution in [1.82, 2.24) is 14.9 Å². The number of likely N-dealkylation sites (tertiary alicyclic amines) is 1. The van der Waals surface area contributed by atoms with E-state index in [4.69, 9.17) is 5.73 Å². The maximum absolute atomic E-state index is 12.3. The quantitative estimate of drug-likeness (QED) is 0.870. The predicted octanol–water partition coefficient (Wildman–Crippen LogP) is 1.36. The highest BCUT2D eigenvalue weighted by Gasteiger charge is 2.27. The van der Waals surface area contributed by atoms with Crippen molar-refractivity contribution in [3.8, 4) is 0 Å². The summed E-state index contributed by atoms with van der Waals surface area (Å²) in [7, 11) is 0. The lowest BCUT2D eigenvalue weighted by Crippen LogP contribution is -2.39. The largest absolute Gasteiger partial charge is 0.370 e. The number of nitrogens with two attached hydrogens (primary N) is 1. The molecule has 3 rings (SSSR count). The summed E-state index contributed by atoms with van der Waals surface area (Å²) >= 11 is 0. The molecule has 136 valence electrons. The van der Waals surface area contributed by atoms with Gasteiger partial charge in [-0.15, -0.1) is 0 Å². The van der Waals surface area contributed by atoms with Crippen molar-refractivity contribution in [2.24, 2.45) is 5.73 Å². The highest BCUT2D eigenvalue weighted by Crippen LogP contribution is 2.29. The molecule has 1 aromatic heterocycles. The van der Waals surface area contributed by atoms with Gasteiger partial charge in [-0.3, -0.25) is 9.59 Å². The van der Waals surface area contributed by atoms with E-state index in [0.717, 1.165) is 49.8 Å². The molecule has 1 atom stereocenters. The van der Waals surface area contributed by atoms with Crippen LogP contribution in [0.2, 0.25) is 0 Å². The fourth-order valence-electron chi connectivity index (χ4n) is 3.73. The minimum atomic E-state index is -0.427. The third-order valence-electron chi connectivity index (χ3n) is 5.05. The summed E-state index contributed by atoms with van der Waals surface area (Å²) in [6, 6.07) is 2.10. The third kappa shape index (κ3) is 4.46. The number of primary amides is 1. The normalized spacial score (nSPS) is 20.8. The minimum Gasteiger partial charge on any atom is -0.370 e. The van der Waals surface area contributed by atoms with Gasteiger partial charge < -0.3 is 15.5 Å². The van der Waals surface area contributed by atoms with Crippen LogP contribution in [-0.2, 0) is 9.59 Å². The van der Waals surface area contributed by atoms with Crippen molar-refractivity contribution in [3.63, 3.8) is 0 Å². The molecule has 0 spiro atoms. The lowest BCUT2D eigenvalue weighted by molar-refractivity contribution is -0.134. The Morgan fingerprint density at radius 1 is 1.16 bits per heavy atom. The Bertz CT molecular complexity index is 642. The zero-order valence-electron chi connectivity index (χ0n) is 14.9. The van der Waals surface area contributed by atoms with Crippen LogP contribution in [0.4, 0.5) is 5.82 Å². The first-order valence-corrected chi connectivity index (χ1v) is 9.19. The summed E-state index contributed by atoms with van der Waals surface area (Å²) in [4.78, 5) is 36.6. The molecule has 2 aliphatic heterocycles. The number of hydrogen-bond acceptors (Lipinski definition) is 5. The van der Waals surface area contributed by atoms with Gasteiger partial charge in [-0.2, -0.15) is 0 Å².